The monoisotopic (exact) mass is 277 g/mol. The lowest BCUT2D eigenvalue weighted by atomic mass is 9.90. The predicted molar refractivity (Wildman–Crippen MR) is 71.4 cm³/mol. The van der Waals surface area contributed by atoms with E-state index in [2.05, 4.69) is 5.10 Å². The maximum atomic E-state index is 12.6. The molecule has 2 aliphatic rings. The van der Waals surface area contributed by atoms with Gasteiger partial charge in [-0.1, -0.05) is 0 Å². The van der Waals surface area contributed by atoms with Gasteiger partial charge in [-0.2, -0.15) is 5.10 Å². The molecule has 0 spiro atoms. The molecule has 1 aliphatic heterocycles. The van der Waals surface area contributed by atoms with Gasteiger partial charge in [0, 0.05) is 26.1 Å². The number of carboxylic acids is 1. The Bertz CT molecular complexity index is 576. The van der Waals surface area contributed by atoms with Crippen LogP contribution in [0.1, 0.15) is 48.2 Å². The number of hydrogen-bond acceptors (Lipinski definition) is 3. The first-order chi connectivity index (χ1) is 9.42. The summed E-state index contributed by atoms with van der Waals surface area (Å²) in [6, 6.07) is 0. The van der Waals surface area contributed by atoms with Crippen molar-refractivity contribution >= 4 is 11.9 Å². The van der Waals surface area contributed by atoms with Crippen LogP contribution in [0, 0.1) is 5.41 Å². The lowest BCUT2D eigenvalue weighted by molar-refractivity contribution is -0.147. The molecule has 0 bridgehead atoms. The number of aliphatic carboxylic acids is 1. The van der Waals surface area contributed by atoms with Crippen LogP contribution in [0.3, 0.4) is 0 Å². The van der Waals surface area contributed by atoms with Crippen molar-refractivity contribution in [1.29, 1.82) is 0 Å². The second kappa shape index (κ2) is 4.33. The molecule has 0 aromatic carbocycles. The van der Waals surface area contributed by atoms with E-state index in [1.54, 1.807) is 22.7 Å². The summed E-state index contributed by atoms with van der Waals surface area (Å²) in [6.07, 6.45) is 4.33. The molecule has 3 rings (SSSR count). The van der Waals surface area contributed by atoms with Gasteiger partial charge in [0.1, 0.15) is 0 Å². The number of nitrogens with zero attached hydrogens (tertiary/aromatic N) is 3. The number of carboxylic acid groups (broad SMARTS) is 1. The molecular formula is C14H19N3O3. The molecule has 1 saturated carbocycles. The van der Waals surface area contributed by atoms with Crippen LogP contribution in [0.2, 0.25) is 0 Å². The summed E-state index contributed by atoms with van der Waals surface area (Å²) in [5.41, 5.74) is 0.820. The number of rotatable bonds is 3. The maximum Gasteiger partial charge on any atom is 0.311 e. The molecule has 1 aromatic heterocycles. The number of likely N-dealkylation sites (tertiary alicyclic amines) is 1. The Morgan fingerprint density at radius 2 is 2.15 bits per heavy atom. The molecule has 108 valence electrons. The molecule has 1 amide bonds. The summed E-state index contributed by atoms with van der Waals surface area (Å²) >= 11 is 0. The fraction of sp³-hybridized carbons (Fsp3) is 0.643. The highest BCUT2D eigenvalue weighted by Crippen LogP contribution is 2.42. The lowest BCUT2D eigenvalue weighted by Crippen LogP contribution is -2.35. The molecule has 1 saturated heterocycles. The number of aromatic nitrogens is 2. The molecule has 6 heteroatoms. The van der Waals surface area contributed by atoms with Gasteiger partial charge < -0.3 is 10.0 Å². The summed E-state index contributed by atoms with van der Waals surface area (Å²) in [5.74, 6) is -0.471. The third-order valence-corrected chi connectivity index (χ3v) is 4.46. The van der Waals surface area contributed by atoms with E-state index in [4.69, 9.17) is 0 Å². The number of carbonyl (C=O) groups is 2. The van der Waals surface area contributed by atoms with Crippen molar-refractivity contribution < 1.29 is 14.7 Å². The second-order valence-corrected chi connectivity index (χ2v) is 6.18. The van der Waals surface area contributed by atoms with Gasteiger partial charge in [-0.05, 0) is 26.2 Å². The van der Waals surface area contributed by atoms with Crippen LogP contribution >= 0.6 is 0 Å². The Morgan fingerprint density at radius 1 is 1.45 bits per heavy atom. The zero-order chi connectivity index (χ0) is 14.5. The highest BCUT2D eigenvalue weighted by atomic mass is 16.4. The predicted octanol–water partition coefficient (Wildman–Crippen LogP) is 1.23. The quantitative estimate of drug-likeness (QED) is 0.901. The van der Waals surface area contributed by atoms with Crippen LogP contribution in [0.4, 0.5) is 0 Å². The van der Waals surface area contributed by atoms with Crippen LogP contribution < -0.4 is 0 Å². The standard InChI is InChI=1S/C14H19N3O3/c1-14(13(19)20)5-6-17(8-14)12(18)10-7-15-16(2)11(10)9-3-4-9/h7,9H,3-6,8H2,1-2H3,(H,19,20). The van der Waals surface area contributed by atoms with E-state index in [1.165, 1.54) is 0 Å². The first-order valence-electron chi connectivity index (χ1n) is 6.97. The molecule has 1 aliphatic carbocycles. The van der Waals surface area contributed by atoms with Gasteiger partial charge in [0.05, 0.1) is 22.9 Å². The first kappa shape index (κ1) is 13.1. The van der Waals surface area contributed by atoms with Crippen LogP contribution in [-0.4, -0.2) is 44.8 Å². The SMILES string of the molecule is Cn1ncc(C(=O)N2CCC(C)(C(=O)O)C2)c1C1CC1. The van der Waals surface area contributed by atoms with Crippen LogP contribution in [-0.2, 0) is 11.8 Å². The minimum Gasteiger partial charge on any atom is -0.481 e. The van der Waals surface area contributed by atoms with Gasteiger partial charge >= 0.3 is 5.97 Å². The smallest absolute Gasteiger partial charge is 0.311 e. The van der Waals surface area contributed by atoms with Gasteiger partial charge in [-0.3, -0.25) is 14.3 Å². The highest BCUT2D eigenvalue weighted by molar-refractivity contribution is 5.96. The van der Waals surface area contributed by atoms with E-state index >= 15 is 0 Å². The normalized spacial score (nSPS) is 26.0. The summed E-state index contributed by atoms with van der Waals surface area (Å²) in [7, 11) is 1.86. The van der Waals surface area contributed by atoms with E-state index in [1.807, 2.05) is 7.05 Å². The Morgan fingerprint density at radius 3 is 2.70 bits per heavy atom. The summed E-state index contributed by atoms with van der Waals surface area (Å²) in [5, 5.41) is 13.4. The number of amides is 1. The van der Waals surface area contributed by atoms with Crippen LogP contribution in [0.15, 0.2) is 6.20 Å². The Kier molecular flexibility index (Phi) is 2.84. The van der Waals surface area contributed by atoms with Gasteiger partial charge in [0.15, 0.2) is 0 Å². The number of carbonyl (C=O) groups excluding carboxylic acids is 1. The molecular weight excluding hydrogens is 258 g/mol. The minimum absolute atomic E-state index is 0.0787. The van der Waals surface area contributed by atoms with Crippen molar-refractivity contribution in [3.05, 3.63) is 17.5 Å². The summed E-state index contributed by atoms with van der Waals surface area (Å²) in [6.45, 7) is 2.48. The van der Waals surface area contributed by atoms with Crippen molar-refractivity contribution in [3.63, 3.8) is 0 Å². The fourth-order valence-electron chi connectivity index (χ4n) is 2.93. The summed E-state index contributed by atoms with van der Waals surface area (Å²) in [4.78, 5) is 25.5. The Labute approximate surface area is 117 Å². The molecule has 1 N–H and O–H groups in total. The molecule has 0 radical (unpaired) electrons. The average Bonchev–Trinajstić information content (AvgIpc) is 3.04. The molecule has 20 heavy (non-hydrogen) atoms. The Hall–Kier alpha value is -1.85. The van der Waals surface area contributed by atoms with Gasteiger partial charge in [0.2, 0.25) is 0 Å². The topological polar surface area (TPSA) is 75.4 Å². The van der Waals surface area contributed by atoms with E-state index in [9.17, 15) is 14.7 Å². The largest absolute Gasteiger partial charge is 0.481 e. The molecule has 2 heterocycles. The third kappa shape index (κ3) is 1.99. The number of hydrogen-bond donors (Lipinski definition) is 1. The van der Waals surface area contributed by atoms with Gasteiger partial charge in [-0.15, -0.1) is 0 Å². The zero-order valence-electron chi connectivity index (χ0n) is 11.8. The molecule has 2 fully saturated rings. The third-order valence-electron chi connectivity index (χ3n) is 4.46. The van der Waals surface area contributed by atoms with Crippen molar-refractivity contribution in [1.82, 2.24) is 14.7 Å². The van der Waals surface area contributed by atoms with Crippen molar-refractivity contribution in [2.75, 3.05) is 13.1 Å². The van der Waals surface area contributed by atoms with E-state index in [-0.39, 0.29) is 12.5 Å². The first-order valence-corrected chi connectivity index (χ1v) is 6.97. The van der Waals surface area contributed by atoms with Gasteiger partial charge in [0.25, 0.3) is 5.91 Å². The molecule has 1 aromatic rings. The number of aryl methyl sites for hydroxylation is 1. The minimum atomic E-state index is -0.832. The van der Waals surface area contributed by atoms with Gasteiger partial charge in [-0.25, -0.2) is 0 Å². The van der Waals surface area contributed by atoms with E-state index < -0.39 is 11.4 Å². The van der Waals surface area contributed by atoms with Crippen LogP contribution in [0.25, 0.3) is 0 Å². The molecule has 6 nitrogen and oxygen atoms in total. The second-order valence-electron chi connectivity index (χ2n) is 6.18. The Balaban J connectivity index is 1.82. The zero-order valence-corrected chi connectivity index (χ0v) is 11.8. The summed E-state index contributed by atoms with van der Waals surface area (Å²) < 4.78 is 1.78. The lowest BCUT2D eigenvalue weighted by Gasteiger charge is -2.20. The maximum absolute atomic E-state index is 12.6. The highest BCUT2D eigenvalue weighted by Gasteiger charge is 2.43. The molecule has 1 unspecified atom stereocenters. The fourth-order valence-corrected chi connectivity index (χ4v) is 2.93. The van der Waals surface area contributed by atoms with Crippen molar-refractivity contribution in [2.45, 2.75) is 32.1 Å². The average molecular weight is 277 g/mol. The van der Waals surface area contributed by atoms with E-state index in [0.717, 1.165) is 18.5 Å². The molecule has 1 atom stereocenters. The van der Waals surface area contributed by atoms with E-state index in [0.29, 0.717) is 24.4 Å². The van der Waals surface area contributed by atoms with Crippen LogP contribution in [0.5, 0.6) is 0 Å². The van der Waals surface area contributed by atoms with Crippen molar-refractivity contribution in [2.24, 2.45) is 12.5 Å². The van der Waals surface area contributed by atoms with Crippen molar-refractivity contribution in [3.8, 4) is 0 Å².